The van der Waals surface area contributed by atoms with E-state index in [-0.39, 0.29) is 71.4 Å². The van der Waals surface area contributed by atoms with E-state index in [1.54, 1.807) is 32.0 Å². The third-order valence-electron chi connectivity index (χ3n) is 6.94. The number of ether oxygens (including phenoxy) is 1. The van der Waals surface area contributed by atoms with Gasteiger partial charge in [-0.1, -0.05) is 54.6 Å². The third kappa shape index (κ3) is 8.25. The molecule has 0 spiro atoms. The molecule has 1 N–H and O–H groups in total. The molecule has 0 radical (unpaired) electrons. The van der Waals surface area contributed by atoms with E-state index in [9.17, 15) is 14.0 Å². The quantitative estimate of drug-likeness (QED) is 0.220. The smallest absolute Gasteiger partial charge is 0.494 e. The van der Waals surface area contributed by atoms with Crippen LogP contribution in [0.4, 0.5) is 8.78 Å². The Morgan fingerprint density at radius 2 is 1.60 bits per heavy atom. The Kier molecular flexibility index (Phi) is 13.9. The average Bonchev–Trinajstić information content (AvgIpc) is 2.98. The summed E-state index contributed by atoms with van der Waals surface area (Å²) in [4.78, 5) is 44.1. The number of rotatable bonds is 10. The average molecular weight is 600 g/mol. The topological polar surface area (TPSA) is 99.4 Å². The molecule has 1 heterocycles. The minimum absolute atomic E-state index is 0. The summed E-state index contributed by atoms with van der Waals surface area (Å²) in [5.41, 5.74) is 0.872. The molecule has 43 heavy (non-hydrogen) atoms. The molecule has 0 saturated carbocycles. The molecule has 0 saturated heterocycles. The van der Waals surface area contributed by atoms with E-state index in [2.05, 4.69) is 12.2 Å². The number of aromatic nitrogens is 2. The molecule has 4 rings (SSSR count). The van der Waals surface area contributed by atoms with Gasteiger partial charge in [-0.2, -0.15) is 16.0 Å². The Bertz CT molecular complexity index is 1660. The number of nitrogens with one attached hydrogen (secondary N) is 1. The maximum Gasteiger partial charge on any atom is 1.00 e. The van der Waals surface area contributed by atoms with Gasteiger partial charge in [0.15, 0.2) is 11.6 Å². The van der Waals surface area contributed by atoms with Crippen molar-refractivity contribution >= 4 is 6.15 Å². The monoisotopic (exact) mass is 599 g/mol. The van der Waals surface area contributed by atoms with Crippen molar-refractivity contribution in [3.8, 4) is 16.9 Å². The van der Waals surface area contributed by atoms with Crippen LogP contribution in [0, 0.1) is 32.4 Å². The number of nitrogens with zero attached hydrogens (tertiary/aromatic N) is 2. The van der Waals surface area contributed by atoms with Gasteiger partial charge in [0, 0.05) is 16.8 Å². The molecule has 0 aliphatic carbocycles. The molecule has 1 atom stereocenters. The van der Waals surface area contributed by atoms with E-state index in [0.29, 0.717) is 24.1 Å². The Hall–Kier alpha value is -3.66. The molecule has 0 unspecified atom stereocenters. The Morgan fingerprint density at radius 3 is 2.21 bits per heavy atom. The number of carbonyl (C=O) groups excluding carboxylic acids is 2. The van der Waals surface area contributed by atoms with Crippen LogP contribution in [0.25, 0.3) is 11.1 Å². The van der Waals surface area contributed by atoms with E-state index >= 15 is 4.39 Å². The second kappa shape index (κ2) is 16.8. The Morgan fingerprint density at radius 1 is 0.953 bits per heavy atom. The molecule has 11 heteroatoms. The maximum atomic E-state index is 15.5. The van der Waals surface area contributed by atoms with Crippen LogP contribution < -0.4 is 50.9 Å². The first-order valence-corrected chi connectivity index (χ1v) is 13.2. The summed E-state index contributed by atoms with van der Waals surface area (Å²) >= 11 is 0. The van der Waals surface area contributed by atoms with Crippen LogP contribution in [-0.4, -0.2) is 28.9 Å². The van der Waals surface area contributed by atoms with Crippen molar-refractivity contribution in [2.45, 2.75) is 39.4 Å². The van der Waals surface area contributed by atoms with Crippen LogP contribution in [0.3, 0.4) is 0 Å². The normalized spacial score (nSPS) is 11.0. The fraction of sp³-hybridized carbons (Fsp3) is 0.250. The van der Waals surface area contributed by atoms with Gasteiger partial charge in [0.1, 0.15) is 5.82 Å². The molecular formula is C32H32F2N3NaO5. The predicted octanol–water partition coefficient (Wildman–Crippen LogP) is 1.60. The summed E-state index contributed by atoms with van der Waals surface area (Å²) < 4.78 is 37.9. The van der Waals surface area contributed by atoms with Crippen LogP contribution in [0.5, 0.6) is 5.75 Å². The van der Waals surface area contributed by atoms with Gasteiger partial charge in [-0.05, 0) is 43.7 Å². The van der Waals surface area contributed by atoms with Crippen molar-refractivity contribution in [3.05, 3.63) is 129 Å². The Labute approximate surface area is 270 Å². The molecule has 4 aromatic rings. The van der Waals surface area contributed by atoms with Crippen LogP contribution in [0.1, 0.15) is 34.8 Å². The van der Waals surface area contributed by atoms with E-state index in [4.69, 9.17) is 14.3 Å². The molecule has 8 nitrogen and oxygen atoms in total. The van der Waals surface area contributed by atoms with Crippen LogP contribution >= 0.6 is 0 Å². The largest absolute Gasteiger partial charge is 1.00 e. The zero-order chi connectivity index (χ0) is 30.8. The first kappa shape index (κ1) is 35.5. The minimum atomic E-state index is -0.714. The van der Waals surface area contributed by atoms with E-state index in [1.807, 2.05) is 30.3 Å². The zero-order valence-corrected chi connectivity index (χ0v) is 26.7. The van der Waals surface area contributed by atoms with E-state index in [1.165, 1.54) is 29.9 Å². The summed E-state index contributed by atoms with van der Waals surface area (Å²) in [6, 6.07) is 18.3. The van der Waals surface area contributed by atoms with Crippen molar-refractivity contribution in [2.75, 3.05) is 13.7 Å². The molecule has 0 bridgehead atoms. The Balaban J connectivity index is 0.00000155. The molecule has 220 valence electrons. The number of hydrogen-bond acceptors (Lipinski definition) is 6. The molecule has 1 aromatic heterocycles. The van der Waals surface area contributed by atoms with Crippen molar-refractivity contribution in [3.63, 3.8) is 0 Å². The third-order valence-corrected chi connectivity index (χ3v) is 6.94. The summed E-state index contributed by atoms with van der Waals surface area (Å²) in [6.07, 6.45) is 0.850. The van der Waals surface area contributed by atoms with Crippen molar-refractivity contribution < 1.29 is 52.7 Å². The second-order valence-corrected chi connectivity index (χ2v) is 9.46. The van der Waals surface area contributed by atoms with E-state index in [0.717, 1.165) is 10.1 Å². The molecule has 3 aromatic carbocycles. The van der Waals surface area contributed by atoms with Gasteiger partial charge in [0.2, 0.25) is 0 Å². The number of hydrogen-bond donors (Lipinski definition) is 1. The van der Waals surface area contributed by atoms with Gasteiger partial charge in [-0.3, -0.25) is 13.9 Å². The molecular weight excluding hydrogens is 567 g/mol. The number of aryl methyl sites for hydroxylation is 1. The fourth-order valence-corrected chi connectivity index (χ4v) is 4.78. The number of benzene rings is 3. The van der Waals surface area contributed by atoms with Gasteiger partial charge >= 0.3 is 41.4 Å². The SMILES string of the molecule is O=C=O.[CH2-]CCN[C@@H](Cn1c(=O)c(-c2cccc(OC)c2F)c(C)n(Cc2c(C)cccc2F)c1=O)c1ccccc1.[Na+]. The molecule has 0 aliphatic heterocycles. The molecule has 0 amide bonds. The van der Waals surface area contributed by atoms with Crippen molar-refractivity contribution in [1.29, 1.82) is 0 Å². The van der Waals surface area contributed by atoms with Gasteiger partial charge in [-0.15, -0.1) is 0 Å². The summed E-state index contributed by atoms with van der Waals surface area (Å²) in [6.45, 7) is 7.63. The molecule has 0 fully saturated rings. The van der Waals surface area contributed by atoms with Crippen molar-refractivity contribution in [1.82, 2.24) is 14.5 Å². The number of methoxy groups -OCH3 is 1. The fourth-order valence-electron chi connectivity index (χ4n) is 4.78. The predicted molar refractivity (Wildman–Crippen MR) is 154 cm³/mol. The zero-order valence-electron chi connectivity index (χ0n) is 24.7. The number of halogens is 2. The maximum absolute atomic E-state index is 15.5. The van der Waals surface area contributed by atoms with Gasteiger partial charge < -0.3 is 17.0 Å². The van der Waals surface area contributed by atoms with Gasteiger partial charge in [0.25, 0.3) is 5.56 Å². The standard InChI is InChI=1S/C31H32F2N3O3.CO2.Na/c1-5-17-34-26(22-12-7-6-8-13-22)19-36-30(37)28(23-14-10-16-27(39-4)29(23)33)21(3)35(31(36)38)18-24-20(2)11-9-15-25(24)32;2-1-3;/h6-16,26,34H,1,5,17-19H2,2-4H3;;/q-1;;+1/t26-;;/m0../s1. The van der Waals surface area contributed by atoms with Crippen molar-refractivity contribution in [2.24, 2.45) is 0 Å². The minimum Gasteiger partial charge on any atom is -0.494 e. The summed E-state index contributed by atoms with van der Waals surface area (Å²) in [5.74, 6) is -1.21. The van der Waals surface area contributed by atoms with E-state index < -0.39 is 28.9 Å². The van der Waals surface area contributed by atoms with Gasteiger partial charge in [-0.25, -0.2) is 13.6 Å². The second-order valence-electron chi connectivity index (χ2n) is 9.46. The summed E-state index contributed by atoms with van der Waals surface area (Å²) in [5, 5.41) is 3.36. The van der Waals surface area contributed by atoms with Crippen LogP contribution in [0.15, 0.2) is 76.3 Å². The first-order valence-electron chi connectivity index (χ1n) is 13.2. The van der Waals surface area contributed by atoms with Crippen LogP contribution in [-0.2, 0) is 22.7 Å². The van der Waals surface area contributed by atoms with Gasteiger partial charge in [0.05, 0.1) is 31.8 Å². The summed E-state index contributed by atoms with van der Waals surface area (Å²) in [7, 11) is 1.34. The van der Waals surface area contributed by atoms with Crippen LogP contribution in [0.2, 0.25) is 0 Å². The molecule has 0 aliphatic rings. The first-order chi connectivity index (χ1) is 20.2.